The van der Waals surface area contributed by atoms with Crippen molar-refractivity contribution in [1.82, 2.24) is 9.97 Å². The van der Waals surface area contributed by atoms with Crippen molar-refractivity contribution in [2.45, 2.75) is 46.5 Å². The molecule has 1 atom stereocenters. The molecule has 0 saturated heterocycles. The Kier molecular flexibility index (Phi) is 4.42. The smallest absolute Gasteiger partial charge is 0.146 e. The van der Waals surface area contributed by atoms with Crippen LogP contribution in [0.5, 0.6) is 0 Å². The highest BCUT2D eigenvalue weighted by Gasteiger charge is 2.18. The minimum Gasteiger partial charge on any atom is -0.237 e. The van der Waals surface area contributed by atoms with Gasteiger partial charge >= 0.3 is 0 Å². The summed E-state index contributed by atoms with van der Waals surface area (Å²) in [6.07, 6.45) is 2.02. The first kappa shape index (κ1) is 12.6. The van der Waals surface area contributed by atoms with Crippen LogP contribution in [0.1, 0.15) is 50.3 Å². The molecule has 0 fully saturated rings. The molecule has 0 saturated carbocycles. The van der Waals surface area contributed by atoms with Crippen LogP contribution in [0.15, 0.2) is 6.07 Å². The molecule has 16 heavy (non-hydrogen) atoms. The molecule has 0 N–H and O–H groups in total. The standard InChI is InChI=1S/C13H19N3/c1-5-6-11-7-10(4)15-13(16-11)12(8-14)9(2)3/h7,9,12H,5-6H2,1-4H3. The van der Waals surface area contributed by atoms with Crippen LogP contribution < -0.4 is 0 Å². The molecule has 0 bridgehead atoms. The highest BCUT2D eigenvalue weighted by Crippen LogP contribution is 2.21. The number of aryl methyl sites for hydroxylation is 2. The minimum absolute atomic E-state index is 0.199. The molecule has 0 aromatic carbocycles. The van der Waals surface area contributed by atoms with Crippen molar-refractivity contribution in [3.8, 4) is 6.07 Å². The molecule has 1 unspecified atom stereocenters. The van der Waals surface area contributed by atoms with Gasteiger partial charge in [0.1, 0.15) is 11.7 Å². The average Bonchev–Trinajstić information content (AvgIpc) is 2.17. The summed E-state index contributed by atoms with van der Waals surface area (Å²) in [5.74, 6) is 0.734. The summed E-state index contributed by atoms with van der Waals surface area (Å²) in [5.41, 5.74) is 2.00. The van der Waals surface area contributed by atoms with Gasteiger partial charge in [0.15, 0.2) is 0 Å². The Balaban J connectivity index is 3.08. The lowest BCUT2D eigenvalue weighted by molar-refractivity contribution is 0.556. The summed E-state index contributed by atoms with van der Waals surface area (Å²) < 4.78 is 0. The molecule has 1 heterocycles. The van der Waals surface area contributed by atoms with E-state index in [1.54, 1.807) is 0 Å². The largest absolute Gasteiger partial charge is 0.237 e. The number of rotatable bonds is 4. The van der Waals surface area contributed by atoms with Gasteiger partial charge in [-0.05, 0) is 25.3 Å². The second-order valence-corrected chi connectivity index (χ2v) is 4.46. The Morgan fingerprint density at radius 1 is 1.38 bits per heavy atom. The van der Waals surface area contributed by atoms with Crippen molar-refractivity contribution in [3.63, 3.8) is 0 Å². The van der Waals surface area contributed by atoms with E-state index < -0.39 is 0 Å². The number of aromatic nitrogens is 2. The second kappa shape index (κ2) is 5.60. The third kappa shape index (κ3) is 3.03. The zero-order valence-corrected chi connectivity index (χ0v) is 10.5. The van der Waals surface area contributed by atoms with Crippen molar-refractivity contribution in [2.75, 3.05) is 0 Å². The second-order valence-electron chi connectivity index (χ2n) is 4.46. The average molecular weight is 217 g/mol. The molecule has 1 aromatic rings. The summed E-state index contributed by atoms with van der Waals surface area (Å²) in [7, 11) is 0. The predicted molar refractivity (Wildman–Crippen MR) is 64.0 cm³/mol. The van der Waals surface area contributed by atoms with E-state index in [0.717, 1.165) is 24.2 Å². The van der Waals surface area contributed by atoms with Gasteiger partial charge in [-0.3, -0.25) is 0 Å². The van der Waals surface area contributed by atoms with Crippen LogP contribution in [0, 0.1) is 24.2 Å². The number of nitriles is 1. The first-order valence-electron chi connectivity index (χ1n) is 5.82. The predicted octanol–water partition coefficient (Wildman–Crippen LogP) is 3.00. The van der Waals surface area contributed by atoms with Crippen molar-refractivity contribution in [3.05, 3.63) is 23.3 Å². The van der Waals surface area contributed by atoms with Crippen LogP contribution in [-0.4, -0.2) is 9.97 Å². The van der Waals surface area contributed by atoms with Crippen LogP contribution in [0.2, 0.25) is 0 Å². The molecular formula is C13H19N3. The maximum atomic E-state index is 9.13. The molecule has 0 aliphatic carbocycles. The lowest BCUT2D eigenvalue weighted by Gasteiger charge is -2.13. The fourth-order valence-electron chi connectivity index (χ4n) is 1.69. The third-order valence-electron chi connectivity index (χ3n) is 2.51. The molecule has 3 nitrogen and oxygen atoms in total. The Hall–Kier alpha value is -1.43. The van der Waals surface area contributed by atoms with Gasteiger partial charge in [0.2, 0.25) is 0 Å². The zero-order chi connectivity index (χ0) is 12.1. The van der Waals surface area contributed by atoms with Crippen LogP contribution in [0.3, 0.4) is 0 Å². The number of hydrogen-bond donors (Lipinski definition) is 0. The fourth-order valence-corrected chi connectivity index (χ4v) is 1.69. The molecule has 86 valence electrons. The number of hydrogen-bond acceptors (Lipinski definition) is 3. The maximum absolute atomic E-state index is 9.13. The number of nitrogens with zero attached hydrogens (tertiary/aromatic N) is 3. The Labute approximate surface area is 97.5 Å². The molecule has 0 aliphatic rings. The molecule has 1 rings (SSSR count). The van der Waals surface area contributed by atoms with Gasteiger partial charge in [-0.2, -0.15) is 5.26 Å². The lowest BCUT2D eigenvalue weighted by Crippen LogP contribution is -2.11. The first-order chi connectivity index (χ1) is 7.58. The molecule has 1 aromatic heterocycles. The monoisotopic (exact) mass is 217 g/mol. The highest BCUT2D eigenvalue weighted by molar-refractivity contribution is 5.17. The topological polar surface area (TPSA) is 49.6 Å². The SMILES string of the molecule is CCCc1cc(C)nc(C(C#N)C(C)C)n1. The Morgan fingerprint density at radius 3 is 2.56 bits per heavy atom. The molecule has 0 aliphatic heterocycles. The summed E-state index contributed by atoms with van der Waals surface area (Å²) in [5, 5.41) is 9.13. The van der Waals surface area contributed by atoms with Gasteiger partial charge in [0.25, 0.3) is 0 Å². The molecule has 3 heteroatoms. The van der Waals surface area contributed by atoms with E-state index in [4.69, 9.17) is 5.26 Å². The van der Waals surface area contributed by atoms with Gasteiger partial charge in [-0.25, -0.2) is 9.97 Å². The highest BCUT2D eigenvalue weighted by atomic mass is 14.9. The van der Waals surface area contributed by atoms with Crippen molar-refractivity contribution in [1.29, 1.82) is 5.26 Å². The van der Waals surface area contributed by atoms with Crippen LogP contribution >= 0.6 is 0 Å². The van der Waals surface area contributed by atoms with E-state index in [1.165, 1.54) is 0 Å². The van der Waals surface area contributed by atoms with Crippen LogP contribution in [0.25, 0.3) is 0 Å². The fraction of sp³-hybridized carbons (Fsp3) is 0.615. The Morgan fingerprint density at radius 2 is 2.06 bits per heavy atom. The van der Waals surface area contributed by atoms with Crippen molar-refractivity contribution in [2.24, 2.45) is 5.92 Å². The maximum Gasteiger partial charge on any atom is 0.146 e. The quantitative estimate of drug-likeness (QED) is 0.779. The molecule has 0 radical (unpaired) electrons. The lowest BCUT2D eigenvalue weighted by atomic mass is 9.96. The molecular weight excluding hydrogens is 198 g/mol. The molecule has 0 spiro atoms. The van der Waals surface area contributed by atoms with E-state index >= 15 is 0 Å². The normalized spacial score (nSPS) is 12.5. The third-order valence-corrected chi connectivity index (χ3v) is 2.51. The van der Waals surface area contributed by atoms with Gasteiger partial charge in [-0.1, -0.05) is 27.2 Å². The summed E-state index contributed by atoms with van der Waals surface area (Å²) in [6.45, 7) is 8.14. The van der Waals surface area contributed by atoms with E-state index in [1.807, 2.05) is 26.8 Å². The van der Waals surface area contributed by atoms with Crippen LogP contribution in [0.4, 0.5) is 0 Å². The van der Waals surface area contributed by atoms with Gasteiger partial charge in [0.05, 0.1) is 6.07 Å². The van der Waals surface area contributed by atoms with Crippen molar-refractivity contribution < 1.29 is 0 Å². The van der Waals surface area contributed by atoms with Gasteiger partial charge in [0, 0.05) is 11.4 Å². The first-order valence-corrected chi connectivity index (χ1v) is 5.82. The van der Waals surface area contributed by atoms with Gasteiger partial charge in [-0.15, -0.1) is 0 Å². The molecule has 0 amide bonds. The van der Waals surface area contributed by atoms with E-state index in [0.29, 0.717) is 5.82 Å². The van der Waals surface area contributed by atoms with E-state index in [2.05, 4.69) is 23.0 Å². The van der Waals surface area contributed by atoms with Crippen molar-refractivity contribution >= 4 is 0 Å². The summed E-state index contributed by atoms with van der Waals surface area (Å²) in [6, 6.07) is 4.29. The van der Waals surface area contributed by atoms with Gasteiger partial charge < -0.3 is 0 Å². The summed E-state index contributed by atoms with van der Waals surface area (Å²) in [4.78, 5) is 8.86. The Bertz CT molecular complexity index is 391. The zero-order valence-electron chi connectivity index (χ0n) is 10.5. The van der Waals surface area contributed by atoms with E-state index in [-0.39, 0.29) is 11.8 Å². The minimum atomic E-state index is -0.199. The van der Waals surface area contributed by atoms with Crippen LogP contribution in [-0.2, 0) is 6.42 Å². The van der Waals surface area contributed by atoms with E-state index in [9.17, 15) is 0 Å². The summed E-state index contributed by atoms with van der Waals surface area (Å²) >= 11 is 0.